The Labute approximate surface area is 102 Å². The molecule has 1 atom stereocenters. The Hall–Kier alpha value is -0.0400. The molecule has 16 heavy (non-hydrogen) atoms. The summed E-state index contributed by atoms with van der Waals surface area (Å²) in [5, 5.41) is 3.52. The number of nitrogens with one attached hydrogen (secondary N) is 1. The van der Waals surface area contributed by atoms with Crippen LogP contribution >= 0.6 is 0 Å². The molecule has 1 saturated carbocycles. The van der Waals surface area contributed by atoms with Crippen LogP contribution < -0.4 is 5.32 Å². The maximum absolute atomic E-state index is 3.52. The fourth-order valence-electron chi connectivity index (χ4n) is 2.78. The Bertz CT molecular complexity index is 152. The van der Waals surface area contributed by atoms with Crippen LogP contribution in [0.4, 0.5) is 0 Å². The lowest BCUT2D eigenvalue weighted by Gasteiger charge is -2.33. The van der Waals surface area contributed by atoms with Gasteiger partial charge >= 0.3 is 0 Å². The highest BCUT2D eigenvalue weighted by Gasteiger charge is 2.25. The van der Waals surface area contributed by atoms with Crippen LogP contribution in [0.15, 0.2) is 0 Å². The Morgan fingerprint density at radius 2 is 1.62 bits per heavy atom. The van der Waals surface area contributed by atoms with Crippen molar-refractivity contribution < 1.29 is 0 Å². The van der Waals surface area contributed by atoms with Crippen LogP contribution in [-0.4, -0.2) is 13.1 Å². The van der Waals surface area contributed by atoms with Crippen molar-refractivity contribution in [1.82, 2.24) is 5.32 Å². The molecule has 1 N–H and O–H groups in total. The molecule has 1 unspecified atom stereocenters. The van der Waals surface area contributed by atoms with Crippen molar-refractivity contribution in [3.8, 4) is 0 Å². The number of hydrogen-bond donors (Lipinski definition) is 1. The molecule has 1 aliphatic carbocycles. The Balaban J connectivity index is 1.88. The van der Waals surface area contributed by atoms with Crippen LogP contribution in [-0.2, 0) is 0 Å². The van der Waals surface area contributed by atoms with E-state index in [9.17, 15) is 0 Å². The number of unbranched alkanes of at least 4 members (excludes halogenated alkanes) is 6. The Morgan fingerprint density at radius 3 is 2.12 bits per heavy atom. The fourth-order valence-corrected chi connectivity index (χ4v) is 2.78. The van der Waals surface area contributed by atoms with Gasteiger partial charge in [0.15, 0.2) is 0 Å². The summed E-state index contributed by atoms with van der Waals surface area (Å²) in [4.78, 5) is 0. The second kappa shape index (κ2) is 9.04. The van der Waals surface area contributed by atoms with E-state index in [2.05, 4.69) is 19.3 Å². The van der Waals surface area contributed by atoms with Gasteiger partial charge in [-0.15, -0.1) is 0 Å². The van der Waals surface area contributed by atoms with E-state index >= 15 is 0 Å². The van der Waals surface area contributed by atoms with Gasteiger partial charge in [-0.25, -0.2) is 0 Å². The SMILES string of the molecule is CCCCCCCCCC(NC)C1CCC1. The molecule has 0 amide bonds. The summed E-state index contributed by atoms with van der Waals surface area (Å²) >= 11 is 0. The van der Waals surface area contributed by atoms with E-state index in [1.54, 1.807) is 0 Å². The zero-order valence-electron chi connectivity index (χ0n) is 11.4. The molecule has 0 heterocycles. The van der Waals surface area contributed by atoms with Crippen LogP contribution in [0, 0.1) is 5.92 Å². The lowest BCUT2D eigenvalue weighted by Crippen LogP contribution is -2.37. The van der Waals surface area contributed by atoms with Crippen molar-refractivity contribution in [1.29, 1.82) is 0 Å². The van der Waals surface area contributed by atoms with Crippen molar-refractivity contribution in [2.24, 2.45) is 5.92 Å². The van der Waals surface area contributed by atoms with Gasteiger partial charge in [-0.05, 0) is 32.2 Å². The first-order valence-corrected chi connectivity index (χ1v) is 7.55. The summed E-state index contributed by atoms with van der Waals surface area (Å²) in [6.07, 6.45) is 15.9. The second-order valence-corrected chi connectivity index (χ2v) is 5.50. The molecule has 1 nitrogen and oxygen atoms in total. The maximum Gasteiger partial charge on any atom is 0.00923 e. The molecule has 1 rings (SSSR count). The second-order valence-electron chi connectivity index (χ2n) is 5.50. The van der Waals surface area contributed by atoms with Crippen LogP contribution in [0.5, 0.6) is 0 Å². The molecule has 0 aromatic heterocycles. The van der Waals surface area contributed by atoms with Crippen molar-refractivity contribution >= 4 is 0 Å². The molecule has 0 aliphatic heterocycles. The van der Waals surface area contributed by atoms with E-state index in [0.717, 1.165) is 12.0 Å². The molecule has 0 bridgehead atoms. The lowest BCUT2D eigenvalue weighted by atomic mass is 9.78. The molecule has 0 radical (unpaired) electrons. The minimum Gasteiger partial charge on any atom is -0.317 e. The highest BCUT2D eigenvalue weighted by atomic mass is 14.9. The van der Waals surface area contributed by atoms with Crippen LogP contribution in [0.2, 0.25) is 0 Å². The summed E-state index contributed by atoms with van der Waals surface area (Å²) in [5.74, 6) is 1.00. The zero-order valence-corrected chi connectivity index (χ0v) is 11.4. The van der Waals surface area contributed by atoms with E-state index in [1.165, 1.54) is 70.6 Å². The van der Waals surface area contributed by atoms with Crippen molar-refractivity contribution in [2.75, 3.05) is 7.05 Å². The van der Waals surface area contributed by atoms with Gasteiger partial charge in [0, 0.05) is 6.04 Å². The third-order valence-corrected chi connectivity index (χ3v) is 4.21. The molecule has 1 heteroatoms. The lowest BCUT2D eigenvalue weighted by molar-refractivity contribution is 0.224. The molecular weight excluding hydrogens is 194 g/mol. The zero-order chi connectivity index (χ0) is 11.6. The molecule has 1 fully saturated rings. The third-order valence-electron chi connectivity index (χ3n) is 4.21. The first kappa shape index (κ1) is 14.0. The molecule has 96 valence electrons. The van der Waals surface area contributed by atoms with Gasteiger partial charge in [-0.1, -0.05) is 58.3 Å². The minimum atomic E-state index is 0.824. The van der Waals surface area contributed by atoms with Crippen LogP contribution in [0.3, 0.4) is 0 Å². The molecule has 0 spiro atoms. The van der Waals surface area contributed by atoms with E-state index in [4.69, 9.17) is 0 Å². The average molecular weight is 225 g/mol. The summed E-state index contributed by atoms with van der Waals surface area (Å²) < 4.78 is 0. The highest BCUT2D eigenvalue weighted by molar-refractivity contribution is 4.81. The largest absolute Gasteiger partial charge is 0.317 e. The van der Waals surface area contributed by atoms with Gasteiger partial charge in [-0.3, -0.25) is 0 Å². The van der Waals surface area contributed by atoms with Crippen LogP contribution in [0.25, 0.3) is 0 Å². The molecular formula is C15H31N. The fraction of sp³-hybridized carbons (Fsp3) is 1.00. The topological polar surface area (TPSA) is 12.0 Å². The van der Waals surface area contributed by atoms with Crippen molar-refractivity contribution in [3.05, 3.63) is 0 Å². The number of rotatable bonds is 10. The Morgan fingerprint density at radius 1 is 1.00 bits per heavy atom. The van der Waals surface area contributed by atoms with Crippen molar-refractivity contribution in [3.63, 3.8) is 0 Å². The summed E-state index contributed by atoms with van der Waals surface area (Å²) in [6.45, 7) is 2.29. The smallest absolute Gasteiger partial charge is 0.00923 e. The van der Waals surface area contributed by atoms with Gasteiger partial charge in [0.25, 0.3) is 0 Å². The molecule has 1 aliphatic rings. The third kappa shape index (κ3) is 5.34. The van der Waals surface area contributed by atoms with E-state index < -0.39 is 0 Å². The molecule has 0 saturated heterocycles. The maximum atomic E-state index is 3.52. The minimum absolute atomic E-state index is 0.824. The normalized spacial score (nSPS) is 18.4. The van der Waals surface area contributed by atoms with E-state index in [-0.39, 0.29) is 0 Å². The van der Waals surface area contributed by atoms with Gasteiger partial charge in [-0.2, -0.15) is 0 Å². The van der Waals surface area contributed by atoms with E-state index in [0.29, 0.717) is 0 Å². The van der Waals surface area contributed by atoms with Gasteiger partial charge in [0.1, 0.15) is 0 Å². The summed E-state index contributed by atoms with van der Waals surface area (Å²) in [7, 11) is 2.14. The van der Waals surface area contributed by atoms with Crippen LogP contribution in [0.1, 0.15) is 77.6 Å². The molecule has 0 aromatic rings. The summed E-state index contributed by atoms with van der Waals surface area (Å²) in [6, 6.07) is 0.824. The van der Waals surface area contributed by atoms with E-state index in [1.807, 2.05) is 0 Å². The standard InChI is InChI=1S/C15H31N/c1-3-4-5-6-7-8-9-13-15(16-2)14-11-10-12-14/h14-16H,3-13H2,1-2H3. The Kier molecular flexibility index (Phi) is 7.92. The predicted molar refractivity (Wildman–Crippen MR) is 72.8 cm³/mol. The first-order valence-electron chi connectivity index (χ1n) is 7.55. The number of hydrogen-bond acceptors (Lipinski definition) is 1. The van der Waals surface area contributed by atoms with Crippen molar-refractivity contribution in [2.45, 2.75) is 83.6 Å². The van der Waals surface area contributed by atoms with Gasteiger partial charge in [0.2, 0.25) is 0 Å². The predicted octanol–water partition coefficient (Wildman–Crippen LogP) is 4.52. The average Bonchev–Trinajstić information content (AvgIpc) is 2.23. The van der Waals surface area contributed by atoms with Gasteiger partial charge in [0.05, 0.1) is 0 Å². The highest BCUT2D eigenvalue weighted by Crippen LogP contribution is 2.31. The monoisotopic (exact) mass is 225 g/mol. The quantitative estimate of drug-likeness (QED) is 0.539. The first-order chi connectivity index (χ1) is 7.88. The summed E-state index contributed by atoms with van der Waals surface area (Å²) in [5.41, 5.74) is 0. The van der Waals surface area contributed by atoms with Gasteiger partial charge < -0.3 is 5.32 Å². The molecule has 0 aromatic carbocycles.